The minimum atomic E-state index is -3.24. The van der Waals surface area contributed by atoms with E-state index < -0.39 is 39.3 Å². The van der Waals surface area contributed by atoms with E-state index in [1.54, 1.807) is 25.7 Å². The van der Waals surface area contributed by atoms with Crippen LogP contribution in [0.4, 0.5) is 14.9 Å². The first-order valence-electron chi connectivity index (χ1n) is 9.04. The molecule has 2 unspecified atom stereocenters. The van der Waals surface area contributed by atoms with Crippen LogP contribution in [0.15, 0.2) is 23.2 Å². The van der Waals surface area contributed by atoms with Gasteiger partial charge in [0.25, 0.3) is 5.91 Å². The summed E-state index contributed by atoms with van der Waals surface area (Å²) >= 11 is 7.05. The van der Waals surface area contributed by atoms with Gasteiger partial charge in [-0.1, -0.05) is 23.4 Å². The normalized spacial score (nSPS) is 24.0. The fourth-order valence-electron chi connectivity index (χ4n) is 3.11. The Labute approximate surface area is 183 Å². The van der Waals surface area contributed by atoms with Crippen molar-refractivity contribution in [3.8, 4) is 0 Å². The molecule has 0 radical (unpaired) electrons. The number of hydrogen-bond acceptors (Lipinski definition) is 6. The van der Waals surface area contributed by atoms with Crippen molar-refractivity contribution < 1.29 is 27.1 Å². The lowest BCUT2D eigenvalue weighted by molar-refractivity contribution is -0.117. The number of halogens is 2. The van der Waals surface area contributed by atoms with E-state index >= 15 is 0 Å². The number of carbonyl (C=O) groups is 2. The van der Waals surface area contributed by atoms with Gasteiger partial charge in [0.05, 0.1) is 22.6 Å². The summed E-state index contributed by atoms with van der Waals surface area (Å²) in [5.74, 6) is -1.40. The number of hydrogen-bond donors (Lipinski definition) is 1. The molecule has 0 saturated carbocycles. The molecule has 1 aromatic carbocycles. The summed E-state index contributed by atoms with van der Waals surface area (Å²) in [7, 11) is -3.24. The molecular weight excluding hydrogens is 457 g/mol. The van der Waals surface area contributed by atoms with Crippen molar-refractivity contribution in [1.82, 2.24) is 5.32 Å². The maximum Gasteiger partial charge on any atom is 0.408 e. The molecule has 0 bridgehead atoms. The molecule has 0 aromatic heterocycles. The number of thioether (sulfide) groups is 1. The monoisotopic (exact) mass is 477 g/mol. The summed E-state index contributed by atoms with van der Waals surface area (Å²) in [6.45, 7) is 4.71. The lowest BCUT2D eigenvalue weighted by atomic mass is 10.2. The van der Waals surface area contributed by atoms with E-state index in [0.717, 1.165) is 11.8 Å². The van der Waals surface area contributed by atoms with E-state index in [-0.39, 0.29) is 33.5 Å². The third-order valence-corrected chi connectivity index (χ3v) is 7.75. The van der Waals surface area contributed by atoms with Crippen LogP contribution in [0.5, 0.6) is 0 Å². The molecule has 2 saturated heterocycles. The van der Waals surface area contributed by atoms with Crippen LogP contribution in [0.25, 0.3) is 0 Å². The van der Waals surface area contributed by atoms with Gasteiger partial charge in [-0.15, -0.1) is 0 Å². The van der Waals surface area contributed by atoms with Gasteiger partial charge in [-0.2, -0.15) is 4.99 Å². The molecule has 1 N–H and O–H groups in total. The van der Waals surface area contributed by atoms with Crippen LogP contribution in [-0.4, -0.2) is 60.5 Å². The SMILES string of the molecule is CC(C)(C)OC(=O)NCC(=O)N=C1SC2CS(=O)(=O)CC2N1c1ccc(F)c(Cl)c1. The largest absolute Gasteiger partial charge is 0.444 e. The number of rotatable bonds is 3. The lowest BCUT2D eigenvalue weighted by Crippen LogP contribution is -2.38. The van der Waals surface area contributed by atoms with Crippen LogP contribution in [0, 0.1) is 5.82 Å². The van der Waals surface area contributed by atoms with Crippen molar-refractivity contribution >= 4 is 56.1 Å². The maximum atomic E-state index is 13.6. The molecule has 0 aliphatic carbocycles. The number of alkyl carbamates (subject to hydrolysis) is 1. The molecular formula is C18H21ClFN3O5S2. The van der Waals surface area contributed by atoms with Crippen molar-refractivity contribution in [1.29, 1.82) is 0 Å². The number of benzene rings is 1. The molecule has 30 heavy (non-hydrogen) atoms. The van der Waals surface area contributed by atoms with E-state index in [1.807, 2.05) is 0 Å². The van der Waals surface area contributed by atoms with Gasteiger partial charge in [-0.25, -0.2) is 17.6 Å². The summed E-state index contributed by atoms with van der Waals surface area (Å²) in [6.07, 6.45) is -0.750. The van der Waals surface area contributed by atoms with Crippen LogP contribution in [0.1, 0.15) is 20.8 Å². The highest BCUT2D eigenvalue weighted by Crippen LogP contribution is 2.41. The third kappa shape index (κ3) is 5.44. The maximum absolute atomic E-state index is 13.6. The fraction of sp³-hybridized carbons (Fsp3) is 0.500. The Bertz CT molecular complexity index is 1010. The Morgan fingerprint density at radius 2 is 2.07 bits per heavy atom. The van der Waals surface area contributed by atoms with Crippen LogP contribution >= 0.6 is 23.4 Å². The molecule has 164 valence electrons. The average molecular weight is 478 g/mol. The van der Waals surface area contributed by atoms with E-state index in [4.69, 9.17) is 16.3 Å². The summed E-state index contributed by atoms with van der Waals surface area (Å²) in [4.78, 5) is 29.7. The summed E-state index contributed by atoms with van der Waals surface area (Å²) < 4.78 is 42.8. The van der Waals surface area contributed by atoms with Crippen LogP contribution in [0.3, 0.4) is 0 Å². The quantitative estimate of drug-likeness (QED) is 0.713. The van der Waals surface area contributed by atoms with E-state index in [9.17, 15) is 22.4 Å². The topological polar surface area (TPSA) is 105 Å². The number of nitrogens with zero attached hydrogens (tertiary/aromatic N) is 2. The molecule has 3 rings (SSSR count). The molecule has 2 aliphatic rings. The summed E-state index contributed by atoms with van der Waals surface area (Å²) in [5, 5.41) is 2.17. The lowest BCUT2D eigenvalue weighted by Gasteiger charge is -2.24. The van der Waals surface area contributed by atoms with Crippen molar-refractivity contribution in [3.05, 3.63) is 29.0 Å². The van der Waals surface area contributed by atoms with Crippen LogP contribution < -0.4 is 10.2 Å². The molecule has 12 heteroatoms. The Balaban J connectivity index is 1.80. The predicted octanol–water partition coefficient (Wildman–Crippen LogP) is 2.61. The van der Waals surface area contributed by atoms with Crippen LogP contribution in [0.2, 0.25) is 5.02 Å². The van der Waals surface area contributed by atoms with Gasteiger partial charge in [0.15, 0.2) is 15.0 Å². The summed E-state index contributed by atoms with van der Waals surface area (Å²) in [6, 6.07) is 3.53. The molecule has 2 fully saturated rings. The molecule has 1 aromatic rings. The van der Waals surface area contributed by atoms with Crippen LogP contribution in [-0.2, 0) is 19.4 Å². The van der Waals surface area contributed by atoms with Gasteiger partial charge >= 0.3 is 6.09 Å². The molecule has 8 nitrogen and oxygen atoms in total. The number of amides is 2. The number of anilines is 1. The standard InChI is InChI=1S/C18H21ClFN3O5S2/c1-18(2,3)28-17(25)21-7-15(24)22-16-23(10-4-5-12(20)11(19)6-10)13-8-30(26,27)9-14(13)29-16/h4-6,13-14H,7-9H2,1-3H3,(H,21,25). The number of fused-ring (bicyclic) bond motifs is 1. The highest BCUT2D eigenvalue weighted by Gasteiger charge is 2.49. The minimum Gasteiger partial charge on any atom is -0.444 e. The number of amidine groups is 1. The predicted molar refractivity (Wildman–Crippen MR) is 114 cm³/mol. The first-order chi connectivity index (χ1) is 13.8. The highest BCUT2D eigenvalue weighted by atomic mass is 35.5. The molecule has 2 atom stereocenters. The zero-order valence-electron chi connectivity index (χ0n) is 16.5. The van der Waals surface area contributed by atoms with Crippen molar-refractivity contribution in [2.75, 3.05) is 23.0 Å². The Morgan fingerprint density at radius 3 is 2.70 bits per heavy atom. The zero-order valence-corrected chi connectivity index (χ0v) is 18.9. The smallest absolute Gasteiger partial charge is 0.408 e. The Hall–Kier alpha value is -1.85. The second kappa shape index (κ2) is 8.35. The number of carbonyl (C=O) groups excluding carboxylic acids is 2. The van der Waals surface area contributed by atoms with Crippen molar-refractivity contribution in [2.24, 2.45) is 4.99 Å². The van der Waals surface area contributed by atoms with E-state index in [2.05, 4.69) is 10.3 Å². The minimum absolute atomic E-state index is 0.0445. The van der Waals surface area contributed by atoms with Crippen molar-refractivity contribution in [2.45, 2.75) is 37.7 Å². The second-order valence-corrected chi connectivity index (χ2v) is 11.7. The number of ether oxygens (including phenoxy) is 1. The van der Waals surface area contributed by atoms with E-state index in [0.29, 0.717) is 5.69 Å². The molecule has 2 amide bonds. The van der Waals surface area contributed by atoms with Gasteiger partial charge in [0.1, 0.15) is 18.0 Å². The number of aliphatic imine (C=N–C) groups is 1. The molecule has 2 aliphatic heterocycles. The second-order valence-electron chi connectivity index (χ2n) is 7.91. The van der Waals surface area contributed by atoms with Gasteiger partial charge in [-0.3, -0.25) is 4.79 Å². The number of nitrogens with one attached hydrogen (secondary N) is 1. The highest BCUT2D eigenvalue weighted by molar-refractivity contribution is 8.16. The van der Waals surface area contributed by atoms with Gasteiger partial charge in [0.2, 0.25) is 0 Å². The van der Waals surface area contributed by atoms with Crippen molar-refractivity contribution in [3.63, 3.8) is 0 Å². The fourth-order valence-corrected chi connectivity index (χ4v) is 7.22. The van der Waals surface area contributed by atoms with Gasteiger partial charge in [-0.05, 0) is 39.0 Å². The summed E-state index contributed by atoms with van der Waals surface area (Å²) in [5.41, 5.74) is -0.271. The average Bonchev–Trinajstić information content (AvgIpc) is 3.05. The third-order valence-electron chi connectivity index (χ3n) is 4.25. The number of sulfone groups is 1. The zero-order chi connectivity index (χ0) is 22.3. The van der Waals surface area contributed by atoms with Gasteiger partial charge < -0.3 is 15.0 Å². The van der Waals surface area contributed by atoms with Gasteiger partial charge in [0, 0.05) is 10.9 Å². The Kier molecular flexibility index (Phi) is 6.35. The Morgan fingerprint density at radius 1 is 1.37 bits per heavy atom. The molecule has 0 spiro atoms. The first kappa shape index (κ1) is 22.8. The molecule has 2 heterocycles. The first-order valence-corrected chi connectivity index (χ1v) is 12.1. The van der Waals surface area contributed by atoms with E-state index in [1.165, 1.54) is 18.2 Å².